The molecule has 1 heterocycles. The van der Waals surface area contributed by atoms with Crippen molar-refractivity contribution in [3.8, 4) is 5.75 Å². The van der Waals surface area contributed by atoms with Crippen LogP contribution in [0, 0.1) is 6.92 Å². The molecule has 2 amide bonds. The second-order valence-electron chi connectivity index (χ2n) is 5.69. The van der Waals surface area contributed by atoms with E-state index in [0.717, 1.165) is 12.2 Å². The first-order chi connectivity index (χ1) is 11.2. The maximum atomic E-state index is 11.7. The van der Waals surface area contributed by atoms with Crippen LogP contribution in [0.3, 0.4) is 0 Å². The first-order valence-corrected chi connectivity index (χ1v) is 7.93. The average Bonchev–Trinajstić information content (AvgIpc) is 2.96. The minimum atomic E-state index is -0.327. The van der Waals surface area contributed by atoms with Gasteiger partial charge in [-0.3, -0.25) is 5.32 Å². The molecule has 0 radical (unpaired) electrons. The lowest BCUT2D eigenvalue weighted by Crippen LogP contribution is -2.32. The molecule has 6 heteroatoms. The van der Waals surface area contributed by atoms with E-state index in [2.05, 4.69) is 27.9 Å². The molecule has 6 nitrogen and oxygen atoms in total. The Labute approximate surface area is 135 Å². The summed E-state index contributed by atoms with van der Waals surface area (Å²) in [4.78, 5) is 11.7. The molecule has 0 aliphatic heterocycles. The number of anilines is 1. The summed E-state index contributed by atoms with van der Waals surface area (Å²) in [7, 11) is 0. The highest BCUT2D eigenvalue weighted by atomic mass is 16.5. The predicted molar refractivity (Wildman–Crippen MR) is 86.8 cm³/mol. The fourth-order valence-corrected chi connectivity index (χ4v) is 2.72. The van der Waals surface area contributed by atoms with Crippen molar-refractivity contribution in [2.75, 3.05) is 18.5 Å². The van der Waals surface area contributed by atoms with Crippen LogP contribution in [0.2, 0.25) is 0 Å². The lowest BCUT2D eigenvalue weighted by molar-refractivity contribution is 0.247. The number of urea groups is 1. The molecule has 2 aromatic rings. The third kappa shape index (κ3) is 4.25. The van der Waals surface area contributed by atoms with Gasteiger partial charge in [0.1, 0.15) is 18.1 Å². The number of rotatable bonds is 5. The summed E-state index contributed by atoms with van der Waals surface area (Å²) in [5, 5.41) is 9.00. The number of nitrogens with zero attached hydrogens (tertiary/aromatic N) is 1. The first-order valence-electron chi connectivity index (χ1n) is 7.93. The Morgan fingerprint density at radius 2 is 2.09 bits per heavy atom. The Bertz CT molecular complexity index is 681. The van der Waals surface area contributed by atoms with Crippen molar-refractivity contribution in [3.05, 3.63) is 41.2 Å². The van der Waals surface area contributed by atoms with Gasteiger partial charge < -0.3 is 14.6 Å². The van der Waals surface area contributed by atoms with E-state index in [1.165, 1.54) is 30.4 Å². The van der Waals surface area contributed by atoms with Crippen molar-refractivity contribution >= 4 is 11.8 Å². The Morgan fingerprint density at radius 3 is 2.87 bits per heavy atom. The van der Waals surface area contributed by atoms with Gasteiger partial charge in [-0.2, -0.15) is 0 Å². The van der Waals surface area contributed by atoms with Gasteiger partial charge in [0.25, 0.3) is 0 Å². The van der Waals surface area contributed by atoms with Gasteiger partial charge in [-0.05, 0) is 55.9 Å². The summed E-state index contributed by atoms with van der Waals surface area (Å²) in [6.07, 6.45) is 4.82. The predicted octanol–water partition coefficient (Wildman–Crippen LogP) is 3.06. The van der Waals surface area contributed by atoms with Crippen LogP contribution >= 0.6 is 0 Å². The number of carbonyl (C=O) groups excluding carboxylic acids is 1. The molecule has 1 aliphatic carbocycles. The summed E-state index contributed by atoms with van der Waals surface area (Å²) in [5.74, 6) is 1.91. The number of benzene rings is 1. The van der Waals surface area contributed by atoms with Crippen molar-refractivity contribution in [1.82, 2.24) is 10.5 Å². The summed E-state index contributed by atoms with van der Waals surface area (Å²) >= 11 is 0. The second kappa shape index (κ2) is 7.17. The highest BCUT2D eigenvalue weighted by Crippen LogP contribution is 2.25. The molecule has 1 aromatic carbocycles. The largest absolute Gasteiger partial charge is 0.492 e. The van der Waals surface area contributed by atoms with Crippen LogP contribution < -0.4 is 15.4 Å². The summed E-state index contributed by atoms with van der Waals surface area (Å²) in [6.45, 7) is 2.60. The molecular weight excluding hydrogens is 294 g/mol. The monoisotopic (exact) mass is 315 g/mol. The van der Waals surface area contributed by atoms with E-state index in [0.29, 0.717) is 24.7 Å². The molecule has 2 N–H and O–H groups in total. The van der Waals surface area contributed by atoms with Gasteiger partial charge in [-0.15, -0.1) is 0 Å². The molecule has 0 unspecified atom stereocenters. The number of ether oxygens (including phenoxy) is 1. The Morgan fingerprint density at radius 1 is 1.26 bits per heavy atom. The van der Waals surface area contributed by atoms with E-state index >= 15 is 0 Å². The Hall–Kier alpha value is -2.50. The molecule has 1 aliphatic rings. The number of aryl methyl sites for hydroxylation is 3. The lowest BCUT2D eigenvalue weighted by atomic mass is 9.92. The topological polar surface area (TPSA) is 76.4 Å². The van der Waals surface area contributed by atoms with Crippen molar-refractivity contribution in [3.63, 3.8) is 0 Å². The SMILES string of the molecule is Cc1cc(NC(=O)NCCOc2ccc3c(c2)CCCC3)no1. The number of hydrogen-bond acceptors (Lipinski definition) is 4. The van der Waals surface area contributed by atoms with E-state index in [9.17, 15) is 4.79 Å². The van der Waals surface area contributed by atoms with E-state index < -0.39 is 0 Å². The van der Waals surface area contributed by atoms with Gasteiger partial charge >= 0.3 is 6.03 Å². The zero-order chi connectivity index (χ0) is 16.1. The van der Waals surface area contributed by atoms with E-state index in [1.807, 2.05) is 6.07 Å². The molecule has 1 aromatic heterocycles. The van der Waals surface area contributed by atoms with E-state index in [4.69, 9.17) is 9.26 Å². The zero-order valence-electron chi connectivity index (χ0n) is 13.2. The average molecular weight is 315 g/mol. The molecule has 0 saturated heterocycles. The van der Waals surface area contributed by atoms with Crippen molar-refractivity contribution < 1.29 is 14.1 Å². The van der Waals surface area contributed by atoms with E-state index in [-0.39, 0.29) is 6.03 Å². The molecule has 0 saturated carbocycles. The molecular formula is C17H21N3O3. The molecule has 0 fully saturated rings. The van der Waals surface area contributed by atoms with Gasteiger partial charge in [-0.1, -0.05) is 11.2 Å². The minimum absolute atomic E-state index is 0.327. The number of aromatic nitrogens is 1. The summed E-state index contributed by atoms with van der Waals surface area (Å²) < 4.78 is 10.6. The van der Waals surface area contributed by atoms with Crippen LogP contribution in [0.1, 0.15) is 29.7 Å². The van der Waals surface area contributed by atoms with Gasteiger partial charge in [0.15, 0.2) is 5.82 Å². The number of nitrogens with one attached hydrogen (secondary N) is 2. The van der Waals surface area contributed by atoms with Crippen molar-refractivity contribution in [2.24, 2.45) is 0 Å². The standard InChI is InChI=1S/C17H21N3O3/c1-12-10-16(20-23-12)19-17(21)18-8-9-22-15-7-6-13-4-2-3-5-14(13)11-15/h6-7,10-11H,2-5,8-9H2,1H3,(H2,18,19,20,21). The Balaban J connectivity index is 1.40. The van der Waals surface area contributed by atoms with Crippen LogP contribution in [0.4, 0.5) is 10.6 Å². The van der Waals surface area contributed by atoms with Crippen LogP contribution in [0.5, 0.6) is 5.75 Å². The number of carbonyl (C=O) groups is 1. The summed E-state index contributed by atoms with van der Waals surface area (Å²) in [6, 6.07) is 7.60. The Kier molecular flexibility index (Phi) is 4.80. The number of amides is 2. The molecule has 122 valence electrons. The number of fused-ring (bicyclic) bond motifs is 1. The van der Waals surface area contributed by atoms with Gasteiger partial charge in [0, 0.05) is 6.07 Å². The minimum Gasteiger partial charge on any atom is -0.492 e. The third-order valence-electron chi connectivity index (χ3n) is 3.85. The lowest BCUT2D eigenvalue weighted by Gasteiger charge is -2.16. The molecule has 3 rings (SSSR count). The first kappa shape index (κ1) is 15.4. The van der Waals surface area contributed by atoms with Crippen molar-refractivity contribution in [2.45, 2.75) is 32.6 Å². The fraction of sp³-hybridized carbons (Fsp3) is 0.412. The highest BCUT2D eigenvalue weighted by Gasteiger charge is 2.10. The second-order valence-corrected chi connectivity index (χ2v) is 5.69. The van der Waals surface area contributed by atoms with Crippen LogP contribution in [-0.2, 0) is 12.8 Å². The fourth-order valence-electron chi connectivity index (χ4n) is 2.72. The van der Waals surface area contributed by atoms with Crippen LogP contribution in [-0.4, -0.2) is 24.3 Å². The normalized spacial score (nSPS) is 13.3. The number of hydrogen-bond donors (Lipinski definition) is 2. The smallest absolute Gasteiger partial charge is 0.320 e. The van der Waals surface area contributed by atoms with Gasteiger partial charge in [-0.25, -0.2) is 4.79 Å². The van der Waals surface area contributed by atoms with Gasteiger partial charge in [0.05, 0.1) is 6.54 Å². The van der Waals surface area contributed by atoms with Crippen molar-refractivity contribution in [1.29, 1.82) is 0 Å². The van der Waals surface area contributed by atoms with E-state index in [1.54, 1.807) is 13.0 Å². The molecule has 0 spiro atoms. The molecule has 23 heavy (non-hydrogen) atoms. The van der Waals surface area contributed by atoms with Crippen LogP contribution in [0.25, 0.3) is 0 Å². The molecule has 0 atom stereocenters. The molecule has 0 bridgehead atoms. The summed E-state index contributed by atoms with van der Waals surface area (Å²) in [5.41, 5.74) is 2.82. The maximum Gasteiger partial charge on any atom is 0.320 e. The highest BCUT2D eigenvalue weighted by molar-refractivity contribution is 5.88. The quantitative estimate of drug-likeness (QED) is 0.831. The van der Waals surface area contributed by atoms with Crippen LogP contribution in [0.15, 0.2) is 28.8 Å². The van der Waals surface area contributed by atoms with Gasteiger partial charge in [0.2, 0.25) is 0 Å². The zero-order valence-corrected chi connectivity index (χ0v) is 13.2. The maximum absolute atomic E-state index is 11.7. The third-order valence-corrected chi connectivity index (χ3v) is 3.85.